The fraction of sp³-hybridized carbons (Fsp3) is 0.588. The molecule has 4 rings (SSSR count). The zero-order valence-corrected chi connectivity index (χ0v) is 14.7. The summed E-state index contributed by atoms with van der Waals surface area (Å²) in [6.45, 7) is 8.27. The Morgan fingerprint density at radius 1 is 1.33 bits per heavy atom. The Morgan fingerprint density at radius 2 is 2.08 bits per heavy atom. The summed E-state index contributed by atoms with van der Waals surface area (Å²) in [7, 11) is 1.74. The third kappa shape index (κ3) is 1.81. The molecular weight excluding hydrogens is 304 g/mol. The number of carbonyl (C=O) groups is 1. The minimum absolute atomic E-state index is 0.234. The van der Waals surface area contributed by atoms with Gasteiger partial charge in [-0.1, -0.05) is 26.8 Å². The molecule has 2 aliphatic rings. The minimum atomic E-state index is -0.374. The van der Waals surface area contributed by atoms with E-state index in [1.54, 1.807) is 7.05 Å². The zero-order chi connectivity index (χ0) is 17.3. The lowest BCUT2D eigenvalue weighted by Crippen LogP contribution is -2.50. The molecule has 0 saturated heterocycles. The van der Waals surface area contributed by atoms with Crippen molar-refractivity contribution in [2.24, 2.45) is 18.4 Å². The van der Waals surface area contributed by atoms with Gasteiger partial charge in [-0.3, -0.25) is 9.89 Å². The number of aryl methyl sites for hydroxylation is 1. The molecule has 0 saturated carbocycles. The van der Waals surface area contributed by atoms with Crippen molar-refractivity contribution < 1.29 is 4.79 Å². The number of ketones is 1. The molecule has 1 N–H and O–H groups in total. The van der Waals surface area contributed by atoms with Gasteiger partial charge < -0.3 is 0 Å². The van der Waals surface area contributed by atoms with E-state index in [1.165, 1.54) is 4.80 Å². The first kappa shape index (κ1) is 15.2. The molecule has 2 aliphatic carbocycles. The maximum atomic E-state index is 12.7. The normalized spacial score (nSPS) is 28.3. The van der Waals surface area contributed by atoms with Crippen LogP contribution in [0.4, 0.5) is 0 Å². The molecule has 7 nitrogen and oxygen atoms in total. The third-order valence-corrected chi connectivity index (χ3v) is 5.86. The van der Waals surface area contributed by atoms with Gasteiger partial charge in [-0.15, -0.1) is 10.2 Å². The number of rotatable bonds is 1. The predicted molar refractivity (Wildman–Crippen MR) is 88.1 cm³/mol. The number of nitrogens with one attached hydrogen (secondary N) is 1. The fourth-order valence-electron chi connectivity index (χ4n) is 4.85. The van der Waals surface area contributed by atoms with Gasteiger partial charge in [0.2, 0.25) is 5.82 Å². The molecule has 0 aromatic carbocycles. The van der Waals surface area contributed by atoms with Crippen LogP contribution in [0.25, 0.3) is 11.5 Å². The molecule has 0 spiro atoms. The summed E-state index contributed by atoms with van der Waals surface area (Å²) in [5.41, 5.74) is 3.24. The average Bonchev–Trinajstić information content (AvgIpc) is 3.11. The molecule has 126 valence electrons. The first-order valence-electron chi connectivity index (χ1n) is 8.31. The van der Waals surface area contributed by atoms with Gasteiger partial charge in [0.1, 0.15) is 5.69 Å². The summed E-state index contributed by atoms with van der Waals surface area (Å²) < 4.78 is 0. The molecule has 0 bridgehead atoms. The van der Waals surface area contributed by atoms with Crippen molar-refractivity contribution in [2.45, 2.75) is 46.0 Å². The molecule has 0 radical (unpaired) electrons. The lowest BCUT2D eigenvalue weighted by atomic mass is 9.52. The van der Waals surface area contributed by atoms with Gasteiger partial charge in [0.25, 0.3) is 0 Å². The third-order valence-electron chi connectivity index (χ3n) is 5.86. The van der Waals surface area contributed by atoms with Crippen LogP contribution in [0.3, 0.4) is 0 Å². The summed E-state index contributed by atoms with van der Waals surface area (Å²) in [5, 5.41) is 20.0. The first-order valence-corrected chi connectivity index (χ1v) is 8.31. The number of Topliss-reactive ketones (excluding diaryl/α,β-unsaturated/α-hetero) is 1. The number of allylic oxidation sites excluding steroid dienone is 2. The summed E-state index contributed by atoms with van der Waals surface area (Å²) in [6.07, 6.45) is 3.93. The van der Waals surface area contributed by atoms with E-state index in [4.69, 9.17) is 0 Å². The van der Waals surface area contributed by atoms with E-state index in [9.17, 15) is 4.79 Å². The number of aromatic amines is 1. The Bertz CT molecular complexity index is 874. The molecular formula is C17H22N6O. The van der Waals surface area contributed by atoms with E-state index in [1.807, 2.05) is 6.92 Å². The Balaban J connectivity index is 1.90. The van der Waals surface area contributed by atoms with Gasteiger partial charge in [-0.05, 0) is 36.5 Å². The van der Waals surface area contributed by atoms with E-state index >= 15 is 0 Å². The summed E-state index contributed by atoms with van der Waals surface area (Å²) >= 11 is 0. The monoisotopic (exact) mass is 326 g/mol. The van der Waals surface area contributed by atoms with E-state index < -0.39 is 0 Å². The second-order valence-corrected chi connectivity index (χ2v) is 7.78. The Kier molecular flexibility index (Phi) is 2.93. The van der Waals surface area contributed by atoms with Crippen LogP contribution in [-0.2, 0) is 23.7 Å². The molecule has 2 aromatic heterocycles. The van der Waals surface area contributed by atoms with Gasteiger partial charge in [0.05, 0.1) is 7.05 Å². The number of tetrazole rings is 1. The van der Waals surface area contributed by atoms with Crippen LogP contribution in [0.5, 0.6) is 0 Å². The smallest absolute Gasteiger partial charge is 0.225 e. The summed E-state index contributed by atoms with van der Waals surface area (Å²) in [6, 6.07) is 0. The molecule has 0 amide bonds. The maximum absolute atomic E-state index is 12.7. The highest BCUT2D eigenvalue weighted by Crippen LogP contribution is 2.54. The lowest BCUT2D eigenvalue weighted by Gasteiger charge is -2.50. The van der Waals surface area contributed by atoms with E-state index in [2.05, 4.69) is 52.5 Å². The van der Waals surface area contributed by atoms with Crippen molar-refractivity contribution >= 4 is 5.78 Å². The predicted octanol–water partition coefficient (Wildman–Crippen LogP) is 1.98. The largest absolute Gasteiger partial charge is 0.294 e. The quantitative estimate of drug-likeness (QED) is 0.865. The Hall–Kier alpha value is -2.31. The zero-order valence-electron chi connectivity index (χ0n) is 14.7. The van der Waals surface area contributed by atoms with Gasteiger partial charge in [0.15, 0.2) is 5.78 Å². The fourth-order valence-corrected chi connectivity index (χ4v) is 4.85. The number of H-pyrrole nitrogens is 1. The second-order valence-electron chi connectivity index (χ2n) is 7.78. The highest BCUT2D eigenvalue weighted by atomic mass is 16.1. The minimum Gasteiger partial charge on any atom is -0.294 e. The van der Waals surface area contributed by atoms with E-state index in [0.717, 1.165) is 35.4 Å². The first-order chi connectivity index (χ1) is 11.2. The molecule has 0 unspecified atom stereocenters. The van der Waals surface area contributed by atoms with Gasteiger partial charge >= 0.3 is 0 Å². The van der Waals surface area contributed by atoms with Crippen LogP contribution in [0.2, 0.25) is 0 Å². The maximum Gasteiger partial charge on any atom is 0.225 e. The highest BCUT2D eigenvalue weighted by molar-refractivity contribution is 6.00. The van der Waals surface area contributed by atoms with Crippen molar-refractivity contribution in [3.05, 3.63) is 22.9 Å². The lowest BCUT2D eigenvalue weighted by molar-refractivity contribution is -0.128. The van der Waals surface area contributed by atoms with Crippen LogP contribution < -0.4 is 0 Å². The Morgan fingerprint density at radius 3 is 2.75 bits per heavy atom. The van der Waals surface area contributed by atoms with Crippen LogP contribution in [-0.4, -0.2) is 36.2 Å². The van der Waals surface area contributed by atoms with Crippen molar-refractivity contribution in [3.63, 3.8) is 0 Å². The topological polar surface area (TPSA) is 89.3 Å². The molecule has 2 aromatic rings. The van der Waals surface area contributed by atoms with E-state index in [-0.39, 0.29) is 22.5 Å². The number of fused-ring (bicyclic) bond motifs is 3. The molecule has 2 heterocycles. The molecule has 0 aliphatic heterocycles. The van der Waals surface area contributed by atoms with Gasteiger partial charge in [0, 0.05) is 22.1 Å². The number of aromatic nitrogens is 6. The van der Waals surface area contributed by atoms with Crippen LogP contribution >= 0.6 is 0 Å². The van der Waals surface area contributed by atoms with Crippen LogP contribution in [0, 0.1) is 11.3 Å². The SMILES string of the molecule is CC1=C[C@]2(C)c3[nH]nc(-c4nnn(C)n4)c3CC[C@H]2C(C)(C)C1=O. The molecule has 24 heavy (non-hydrogen) atoms. The Labute approximate surface area is 140 Å². The summed E-state index contributed by atoms with van der Waals surface area (Å²) in [5.74, 6) is 1.05. The van der Waals surface area contributed by atoms with Gasteiger partial charge in [-0.2, -0.15) is 9.90 Å². The molecule has 0 fully saturated rings. The average molecular weight is 326 g/mol. The number of hydrogen-bond acceptors (Lipinski definition) is 5. The van der Waals surface area contributed by atoms with Crippen molar-refractivity contribution in [3.8, 4) is 11.5 Å². The molecule has 2 atom stereocenters. The second kappa shape index (κ2) is 4.62. The summed E-state index contributed by atoms with van der Waals surface area (Å²) in [4.78, 5) is 14.1. The number of hydrogen-bond donors (Lipinski definition) is 1. The van der Waals surface area contributed by atoms with Crippen LogP contribution in [0.15, 0.2) is 11.6 Å². The van der Waals surface area contributed by atoms with E-state index in [0.29, 0.717) is 5.82 Å². The van der Waals surface area contributed by atoms with Crippen molar-refractivity contribution in [1.29, 1.82) is 0 Å². The number of nitrogens with zero attached hydrogens (tertiary/aromatic N) is 5. The van der Waals surface area contributed by atoms with Crippen molar-refractivity contribution in [2.75, 3.05) is 0 Å². The standard InChI is InChI=1S/C17H22N6O/c1-9-8-17(4)11(16(2,3)14(9)24)7-6-10-12(18-19-13(10)17)15-20-22-23(5)21-15/h8,11H,6-7H2,1-5H3,(H,18,19)/t11-,17-/m0/s1. The molecule has 7 heteroatoms. The number of carbonyl (C=O) groups excluding carboxylic acids is 1. The van der Waals surface area contributed by atoms with Gasteiger partial charge in [-0.25, -0.2) is 0 Å². The highest BCUT2D eigenvalue weighted by Gasteiger charge is 2.54. The van der Waals surface area contributed by atoms with Crippen LogP contribution in [0.1, 0.15) is 45.4 Å². The van der Waals surface area contributed by atoms with Crippen molar-refractivity contribution in [1.82, 2.24) is 30.4 Å².